The third-order valence-corrected chi connectivity index (χ3v) is 5.44. The molecule has 124 valence electrons. The molecule has 2 atom stereocenters. The first kappa shape index (κ1) is 16.0. The van der Waals surface area contributed by atoms with Gasteiger partial charge in [0, 0.05) is 11.1 Å². The Bertz CT molecular complexity index is 681. The molecule has 0 spiro atoms. The summed E-state index contributed by atoms with van der Waals surface area (Å²) in [6, 6.07) is 4.49. The number of amides is 1. The Morgan fingerprint density at radius 1 is 1.30 bits per heavy atom. The molecule has 2 aliphatic rings. The molecule has 0 heterocycles. The molecule has 23 heavy (non-hydrogen) atoms. The first-order chi connectivity index (χ1) is 10.6. The van der Waals surface area contributed by atoms with E-state index in [0.717, 1.165) is 18.6 Å². The summed E-state index contributed by atoms with van der Waals surface area (Å²) in [4.78, 5) is 25.3. The number of fused-ring (bicyclic) bond motifs is 2. The van der Waals surface area contributed by atoms with Crippen molar-refractivity contribution in [3.63, 3.8) is 0 Å². The quantitative estimate of drug-likeness (QED) is 0.834. The predicted molar refractivity (Wildman–Crippen MR) is 78.6 cm³/mol. The molecule has 0 radical (unpaired) electrons. The molecule has 2 fully saturated rings. The molecular weight excluding hydrogens is 307 g/mol. The number of hydrogen-bond donors (Lipinski definition) is 1. The van der Waals surface area contributed by atoms with Crippen LogP contribution < -0.4 is 5.32 Å². The number of ketones is 1. The van der Waals surface area contributed by atoms with Crippen molar-refractivity contribution in [2.45, 2.75) is 39.3 Å². The minimum Gasteiger partial charge on any atom is -0.325 e. The Morgan fingerprint density at radius 2 is 2.00 bits per heavy atom. The van der Waals surface area contributed by atoms with Crippen molar-refractivity contribution in [1.82, 2.24) is 0 Å². The van der Waals surface area contributed by atoms with Gasteiger partial charge in [-0.3, -0.25) is 9.59 Å². The zero-order chi connectivity index (χ0) is 17.0. The number of nitrogens with one attached hydrogen (secondary N) is 1. The van der Waals surface area contributed by atoms with Crippen LogP contribution in [0.25, 0.3) is 0 Å². The van der Waals surface area contributed by atoms with Crippen molar-refractivity contribution in [2.24, 2.45) is 16.7 Å². The SMILES string of the molecule is CC1(C)C(=O)C2(C(=O)Nc3cccc(C(F)(F)F)c3)CCC1C2. The number of hydrogen-bond acceptors (Lipinski definition) is 2. The van der Waals surface area contributed by atoms with Crippen LogP contribution in [0, 0.1) is 16.7 Å². The highest BCUT2D eigenvalue weighted by Crippen LogP contribution is 2.60. The standard InChI is InChI=1S/C17H18F3NO2/c1-15(2)11-6-7-16(9-11,13(15)22)14(23)21-12-5-3-4-10(8-12)17(18,19)20/h3-5,8,11H,6-7,9H2,1-2H3,(H,21,23). The number of halogens is 3. The maximum absolute atomic E-state index is 12.8. The number of benzene rings is 1. The number of carbonyl (C=O) groups is 2. The van der Waals surface area contributed by atoms with Gasteiger partial charge < -0.3 is 5.32 Å². The van der Waals surface area contributed by atoms with Crippen LogP contribution in [0.3, 0.4) is 0 Å². The van der Waals surface area contributed by atoms with Crippen LogP contribution in [0.5, 0.6) is 0 Å². The summed E-state index contributed by atoms with van der Waals surface area (Å²) in [5.74, 6) is -0.400. The van der Waals surface area contributed by atoms with E-state index < -0.39 is 28.5 Å². The summed E-state index contributed by atoms with van der Waals surface area (Å²) in [5, 5.41) is 2.52. The fraction of sp³-hybridized carbons (Fsp3) is 0.529. The third kappa shape index (κ3) is 2.35. The van der Waals surface area contributed by atoms with Gasteiger partial charge in [0.15, 0.2) is 5.78 Å². The molecule has 2 saturated carbocycles. The van der Waals surface area contributed by atoms with Crippen molar-refractivity contribution in [3.05, 3.63) is 29.8 Å². The highest BCUT2D eigenvalue weighted by Gasteiger charge is 2.65. The Kier molecular flexibility index (Phi) is 3.36. The number of alkyl halides is 3. The second kappa shape index (κ2) is 4.82. The summed E-state index contributed by atoms with van der Waals surface area (Å²) >= 11 is 0. The molecule has 2 bridgehead atoms. The van der Waals surface area contributed by atoms with E-state index in [1.165, 1.54) is 12.1 Å². The molecule has 6 heteroatoms. The summed E-state index contributed by atoms with van der Waals surface area (Å²) < 4.78 is 38.3. The number of Topliss-reactive ketones (excluding diaryl/α,β-unsaturated/α-hetero) is 1. The minimum absolute atomic E-state index is 0.0696. The van der Waals surface area contributed by atoms with E-state index in [-0.39, 0.29) is 17.4 Å². The van der Waals surface area contributed by atoms with E-state index in [1.54, 1.807) is 0 Å². The second-order valence-corrected chi connectivity index (χ2v) is 7.11. The third-order valence-electron chi connectivity index (χ3n) is 5.44. The lowest BCUT2D eigenvalue weighted by Gasteiger charge is -2.32. The van der Waals surface area contributed by atoms with Gasteiger partial charge in [-0.15, -0.1) is 0 Å². The highest BCUT2D eigenvalue weighted by atomic mass is 19.4. The van der Waals surface area contributed by atoms with E-state index in [4.69, 9.17) is 0 Å². The molecule has 3 rings (SSSR count). The van der Waals surface area contributed by atoms with E-state index >= 15 is 0 Å². The van der Waals surface area contributed by atoms with Gasteiger partial charge in [-0.05, 0) is 43.4 Å². The second-order valence-electron chi connectivity index (χ2n) is 7.11. The average molecular weight is 325 g/mol. The molecule has 2 unspecified atom stereocenters. The summed E-state index contributed by atoms with van der Waals surface area (Å²) in [7, 11) is 0. The van der Waals surface area contributed by atoms with E-state index in [2.05, 4.69) is 5.32 Å². The van der Waals surface area contributed by atoms with Crippen LogP contribution >= 0.6 is 0 Å². The minimum atomic E-state index is -4.47. The molecule has 0 aliphatic heterocycles. The molecule has 1 N–H and O–H groups in total. The molecular formula is C17H18F3NO2. The molecule has 3 nitrogen and oxygen atoms in total. The zero-order valence-electron chi connectivity index (χ0n) is 13.0. The van der Waals surface area contributed by atoms with E-state index in [1.807, 2.05) is 13.8 Å². The fourth-order valence-corrected chi connectivity index (χ4v) is 4.00. The van der Waals surface area contributed by atoms with Gasteiger partial charge in [-0.1, -0.05) is 19.9 Å². The van der Waals surface area contributed by atoms with Crippen molar-refractivity contribution >= 4 is 17.4 Å². The number of carbonyl (C=O) groups excluding carboxylic acids is 2. The molecule has 0 saturated heterocycles. The van der Waals surface area contributed by atoms with Crippen molar-refractivity contribution in [1.29, 1.82) is 0 Å². The van der Waals surface area contributed by atoms with Gasteiger partial charge in [-0.2, -0.15) is 13.2 Å². The molecule has 2 aliphatic carbocycles. The first-order valence-corrected chi connectivity index (χ1v) is 7.61. The lowest BCUT2D eigenvalue weighted by atomic mass is 9.70. The van der Waals surface area contributed by atoms with Crippen molar-refractivity contribution in [2.75, 3.05) is 5.32 Å². The van der Waals surface area contributed by atoms with Crippen LogP contribution in [0.2, 0.25) is 0 Å². The molecule has 1 aromatic carbocycles. The van der Waals surface area contributed by atoms with Crippen molar-refractivity contribution < 1.29 is 22.8 Å². The Labute approximate surface area is 132 Å². The van der Waals surface area contributed by atoms with Gasteiger partial charge in [-0.25, -0.2) is 0 Å². The van der Waals surface area contributed by atoms with Gasteiger partial charge in [0.1, 0.15) is 5.41 Å². The Balaban J connectivity index is 1.85. The molecule has 1 aromatic rings. The lowest BCUT2D eigenvalue weighted by molar-refractivity contribution is -0.143. The lowest BCUT2D eigenvalue weighted by Crippen LogP contribution is -2.44. The van der Waals surface area contributed by atoms with Crippen LogP contribution in [-0.2, 0) is 15.8 Å². The van der Waals surface area contributed by atoms with Crippen molar-refractivity contribution in [3.8, 4) is 0 Å². The maximum atomic E-state index is 12.8. The summed E-state index contributed by atoms with van der Waals surface area (Å²) in [5.41, 5.74) is -2.37. The van der Waals surface area contributed by atoms with Gasteiger partial charge in [0.25, 0.3) is 0 Å². The smallest absolute Gasteiger partial charge is 0.325 e. The average Bonchev–Trinajstić information content (AvgIpc) is 2.99. The van der Waals surface area contributed by atoms with Crippen LogP contribution in [-0.4, -0.2) is 11.7 Å². The maximum Gasteiger partial charge on any atom is 0.416 e. The van der Waals surface area contributed by atoms with Gasteiger partial charge in [0.05, 0.1) is 5.56 Å². The largest absolute Gasteiger partial charge is 0.416 e. The number of rotatable bonds is 2. The topological polar surface area (TPSA) is 46.2 Å². The monoisotopic (exact) mass is 325 g/mol. The van der Waals surface area contributed by atoms with Crippen LogP contribution in [0.1, 0.15) is 38.7 Å². The van der Waals surface area contributed by atoms with Crippen LogP contribution in [0.15, 0.2) is 24.3 Å². The highest BCUT2D eigenvalue weighted by molar-refractivity contribution is 6.15. The van der Waals surface area contributed by atoms with E-state index in [9.17, 15) is 22.8 Å². The summed E-state index contributed by atoms with van der Waals surface area (Å²) in [6.45, 7) is 3.69. The zero-order valence-corrected chi connectivity index (χ0v) is 13.0. The predicted octanol–water partition coefficient (Wildman–Crippen LogP) is 4.04. The van der Waals surface area contributed by atoms with Gasteiger partial charge >= 0.3 is 6.18 Å². The van der Waals surface area contributed by atoms with Crippen LogP contribution in [0.4, 0.5) is 18.9 Å². The Hall–Kier alpha value is -1.85. The normalized spacial score (nSPS) is 28.9. The van der Waals surface area contributed by atoms with Gasteiger partial charge in [0.2, 0.25) is 5.91 Å². The Morgan fingerprint density at radius 3 is 2.57 bits per heavy atom. The number of anilines is 1. The van der Waals surface area contributed by atoms with E-state index in [0.29, 0.717) is 12.8 Å². The molecule has 1 amide bonds. The molecule has 0 aromatic heterocycles. The first-order valence-electron chi connectivity index (χ1n) is 7.61. The fourth-order valence-electron chi connectivity index (χ4n) is 4.00. The summed E-state index contributed by atoms with van der Waals surface area (Å²) in [6.07, 6.45) is -2.70.